The summed E-state index contributed by atoms with van der Waals surface area (Å²) in [7, 11) is 3.01. The predicted molar refractivity (Wildman–Crippen MR) is 75.8 cm³/mol. The van der Waals surface area contributed by atoms with Gasteiger partial charge in [0.25, 0.3) is 0 Å². The normalized spacial score (nSPS) is 10.3. The van der Waals surface area contributed by atoms with E-state index in [0.29, 0.717) is 17.2 Å². The Morgan fingerprint density at radius 3 is 2.11 bits per heavy atom. The number of anilines is 1. The molecule has 3 N–H and O–H groups in total. The maximum atomic E-state index is 9.91. The molecule has 0 radical (unpaired) electrons. The van der Waals surface area contributed by atoms with Crippen molar-refractivity contribution >= 4 is 5.69 Å². The van der Waals surface area contributed by atoms with Crippen LogP contribution in [0.4, 0.5) is 5.69 Å². The summed E-state index contributed by atoms with van der Waals surface area (Å²) in [4.78, 5) is 0. The molecule has 4 heteroatoms. The summed E-state index contributed by atoms with van der Waals surface area (Å²) >= 11 is 0. The van der Waals surface area contributed by atoms with Gasteiger partial charge in [0.2, 0.25) is 5.75 Å². The Morgan fingerprint density at radius 2 is 1.58 bits per heavy atom. The highest BCUT2D eigenvalue weighted by Crippen LogP contribution is 2.41. The van der Waals surface area contributed by atoms with Crippen molar-refractivity contribution in [3.8, 4) is 28.4 Å². The second kappa shape index (κ2) is 5.10. The summed E-state index contributed by atoms with van der Waals surface area (Å²) in [6.45, 7) is 2.00. The van der Waals surface area contributed by atoms with E-state index in [-0.39, 0.29) is 5.75 Å². The first-order valence-corrected chi connectivity index (χ1v) is 5.88. The van der Waals surface area contributed by atoms with Gasteiger partial charge in [0, 0.05) is 5.69 Å². The van der Waals surface area contributed by atoms with E-state index in [0.717, 1.165) is 16.7 Å². The zero-order valence-corrected chi connectivity index (χ0v) is 11.2. The largest absolute Gasteiger partial charge is 0.502 e. The minimum Gasteiger partial charge on any atom is -0.502 e. The van der Waals surface area contributed by atoms with Crippen LogP contribution in [0.2, 0.25) is 0 Å². The Morgan fingerprint density at radius 1 is 1.00 bits per heavy atom. The van der Waals surface area contributed by atoms with Gasteiger partial charge >= 0.3 is 0 Å². The molecule has 0 spiro atoms. The fourth-order valence-electron chi connectivity index (χ4n) is 2.00. The van der Waals surface area contributed by atoms with Crippen LogP contribution in [0, 0.1) is 6.92 Å². The van der Waals surface area contributed by atoms with Crippen molar-refractivity contribution in [3.63, 3.8) is 0 Å². The molecule has 0 fully saturated rings. The van der Waals surface area contributed by atoms with Gasteiger partial charge in [-0.1, -0.05) is 6.07 Å². The molecule has 19 heavy (non-hydrogen) atoms. The molecule has 4 nitrogen and oxygen atoms in total. The Hall–Kier alpha value is -2.36. The maximum Gasteiger partial charge on any atom is 0.200 e. The second-order valence-electron chi connectivity index (χ2n) is 4.30. The van der Waals surface area contributed by atoms with Crippen LogP contribution in [0.3, 0.4) is 0 Å². The van der Waals surface area contributed by atoms with Gasteiger partial charge in [0.05, 0.1) is 14.2 Å². The highest BCUT2D eigenvalue weighted by atomic mass is 16.5. The van der Waals surface area contributed by atoms with Crippen molar-refractivity contribution in [1.29, 1.82) is 0 Å². The zero-order valence-electron chi connectivity index (χ0n) is 11.2. The molecular formula is C15H17NO3. The molecule has 0 amide bonds. The molecule has 0 aliphatic carbocycles. The number of phenolic OH excluding ortho intramolecular Hbond substituents is 1. The van der Waals surface area contributed by atoms with Crippen LogP contribution < -0.4 is 15.2 Å². The fraction of sp³-hybridized carbons (Fsp3) is 0.200. The summed E-state index contributed by atoms with van der Waals surface area (Å²) in [6, 6.07) is 9.23. The van der Waals surface area contributed by atoms with Crippen LogP contribution >= 0.6 is 0 Å². The van der Waals surface area contributed by atoms with Crippen LogP contribution in [0.1, 0.15) is 5.56 Å². The van der Waals surface area contributed by atoms with Crippen LogP contribution in [0.25, 0.3) is 11.1 Å². The van der Waals surface area contributed by atoms with Gasteiger partial charge in [-0.05, 0) is 47.9 Å². The van der Waals surface area contributed by atoms with E-state index in [1.54, 1.807) is 12.1 Å². The Bertz CT molecular complexity index is 583. The SMILES string of the molecule is COc1cc(-c2cc(N)ccc2C)cc(OC)c1O. The minimum absolute atomic E-state index is 0.00435. The average molecular weight is 259 g/mol. The van der Waals surface area contributed by atoms with Gasteiger partial charge in [0.1, 0.15) is 0 Å². The Balaban J connectivity index is 2.65. The molecule has 0 saturated heterocycles. The summed E-state index contributed by atoms with van der Waals surface area (Å²) in [5.41, 5.74) is 9.47. The van der Waals surface area contributed by atoms with Crippen molar-refractivity contribution in [2.45, 2.75) is 6.92 Å². The number of rotatable bonds is 3. The van der Waals surface area contributed by atoms with E-state index in [1.807, 2.05) is 25.1 Å². The lowest BCUT2D eigenvalue weighted by molar-refractivity contribution is 0.340. The molecule has 0 aliphatic rings. The third kappa shape index (κ3) is 2.42. The predicted octanol–water partition coefficient (Wildman–Crippen LogP) is 2.97. The second-order valence-corrected chi connectivity index (χ2v) is 4.30. The molecule has 100 valence electrons. The van der Waals surface area contributed by atoms with E-state index in [1.165, 1.54) is 14.2 Å². The highest BCUT2D eigenvalue weighted by Gasteiger charge is 2.13. The molecule has 2 rings (SSSR count). The third-order valence-electron chi connectivity index (χ3n) is 3.05. The van der Waals surface area contributed by atoms with Gasteiger partial charge in [-0.25, -0.2) is 0 Å². The highest BCUT2D eigenvalue weighted by molar-refractivity contribution is 5.75. The summed E-state index contributed by atoms with van der Waals surface area (Å²) in [5.74, 6) is 0.739. The van der Waals surface area contributed by atoms with Crippen LogP contribution in [-0.2, 0) is 0 Å². The number of methoxy groups -OCH3 is 2. The monoisotopic (exact) mass is 259 g/mol. The Kier molecular flexibility index (Phi) is 3.51. The van der Waals surface area contributed by atoms with Gasteiger partial charge in [0.15, 0.2) is 11.5 Å². The van der Waals surface area contributed by atoms with E-state index in [2.05, 4.69) is 0 Å². The molecule has 0 unspecified atom stereocenters. The number of aromatic hydroxyl groups is 1. The lowest BCUT2D eigenvalue weighted by Crippen LogP contribution is -1.93. The van der Waals surface area contributed by atoms with E-state index >= 15 is 0 Å². The van der Waals surface area contributed by atoms with Crippen LogP contribution in [-0.4, -0.2) is 19.3 Å². The first-order chi connectivity index (χ1) is 9.06. The summed E-state index contributed by atoms with van der Waals surface area (Å²) in [5, 5.41) is 9.91. The standard InChI is InChI=1S/C15H17NO3/c1-9-4-5-11(16)8-12(9)10-6-13(18-2)15(17)14(7-10)19-3/h4-8,17H,16H2,1-3H3. The minimum atomic E-state index is -0.00435. The Labute approximate surface area is 112 Å². The van der Waals surface area contributed by atoms with Crippen molar-refractivity contribution in [2.24, 2.45) is 0 Å². The molecular weight excluding hydrogens is 242 g/mol. The topological polar surface area (TPSA) is 64.7 Å². The first kappa shape index (κ1) is 13.1. The summed E-state index contributed by atoms with van der Waals surface area (Å²) < 4.78 is 10.3. The number of benzene rings is 2. The lowest BCUT2D eigenvalue weighted by atomic mass is 9.99. The number of nitrogens with two attached hydrogens (primary N) is 1. The zero-order chi connectivity index (χ0) is 14.0. The molecule has 0 atom stereocenters. The van der Waals surface area contributed by atoms with Crippen LogP contribution in [0.5, 0.6) is 17.2 Å². The smallest absolute Gasteiger partial charge is 0.200 e. The third-order valence-corrected chi connectivity index (χ3v) is 3.05. The molecule has 0 heterocycles. The van der Waals surface area contributed by atoms with Crippen molar-refractivity contribution in [1.82, 2.24) is 0 Å². The van der Waals surface area contributed by atoms with Gasteiger partial charge < -0.3 is 20.3 Å². The summed E-state index contributed by atoms with van der Waals surface area (Å²) in [6.07, 6.45) is 0. The number of hydrogen-bond donors (Lipinski definition) is 2. The number of nitrogen functional groups attached to an aromatic ring is 1. The average Bonchev–Trinajstić information content (AvgIpc) is 2.42. The number of aryl methyl sites for hydroxylation is 1. The first-order valence-electron chi connectivity index (χ1n) is 5.88. The molecule has 0 aliphatic heterocycles. The van der Waals surface area contributed by atoms with Gasteiger partial charge in [-0.2, -0.15) is 0 Å². The van der Waals surface area contributed by atoms with Crippen molar-refractivity contribution in [2.75, 3.05) is 20.0 Å². The molecule has 0 saturated carbocycles. The molecule has 0 bridgehead atoms. The number of ether oxygens (including phenoxy) is 2. The van der Waals surface area contributed by atoms with Gasteiger partial charge in [-0.3, -0.25) is 0 Å². The molecule has 2 aromatic carbocycles. The van der Waals surface area contributed by atoms with E-state index in [4.69, 9.17) is 15.2 Å². The quantitative estimate of drug-likeness (QED) is 0.832. The van der Waals surface area contributed by atoms with E-state index in [9.17, 15) is 5.11 Å². The van der Waals surface area contributed by atoms with Gasteiger partial charge in [-0.15, -0.1) is 0 Å². The van der Waals surface area contributed by atoms with Crippen molar-refractivity contribution in [3.05, 3.63) is 35.9 Å². The number of hydrogen-bond acceptors (Lipinski definition) is 4. The van der Waals surface area contributed by atoms with E-state index < -0.39 is 0 Å². The lowest BCUT2D eigenvalue weighted by Gasteiger charge is -2.13. The van der Waals surface area contributed by atoms with Crippen molar-refractivity contribution < 1.29 is 14.6 Å². The molecule has 2 aromatic rings. The fourth-order valence-corrected chi connectivity index (χ4v) is 2.00. The number of phenols is 1. The molecule has 0 aromatic heterocycles. The maximum absolute atomic E-state index is 9.91. The van der Waals surface area contributed by atoms with Crippen LogP contribution in [0.15, 0.2) is 30.3 Å².